The van der Waals surface area contributed by atoms with Gasteiger partial charge in [0.2, 0.25) is 0 Å². The van der Waals surface area contributed by atoms with Gasteiger partial charge in [-0.1, -0.05) is 11.8 Å². The van der Waals surface area contributed by atoms with E-state index in [0.717, 1.165) is 6.08 Å². The van der Waals surface area contributed by atoms with E-state index in [2.05, 4.69) is 0 Å². The molecule has 1 rings (SSSR count). The number of nitriles is 1. The fourth-order valence-electron chi connectivity index (χ4n) is 0.974. The fraction of sp³-hybridized carbons (Fsp3) is 0.200. The van der Waals surface area contributed by atoms with Crippen LogP contribution in [0.25, 0.3) is 6.08 Å². The number of carboxylic acid groups (broad SMARTS) is 1. The van der Waals surface area contributed by atoms with E-state index in [4.69, 9.17) is 9.68 Å². The van der Waals surface area contributed by atoms with Gasteiger partial charge in [0.15, 0.2) is 0 Å². The zero-order valence-corrected chi connectivity index (χ0v) is 9.17. The Morgan fingerprint density at radius 3 is 2.88 bits per heavy atom. The number of carbonyl (C=O) groups excluding carboxylic acids is 1. The van der Waals surface area contributed by atoms with Gasteiger partial charge >= 0.3 is 0 Å². The second-order valence-corrected chi connectivity index (χ2v) is 3.81. The Hall–Kier alpha value is -1.81. The van der Waals surface area contributed by atoms with E-state index in [9.17, 15) is 18.7 Å². The molecule has 0 aromatic carbocycles. The third-order valence-electron chi connectivity index (χ3n) is 1.66. The zero-order chi connectivity index (χ0) is 12.8. The Morgan fingerprint density at radius 2 is 2.35 bits per heavy atom. The molecule has 1 heterocycles. The SMILES string of the molecule is N#C/C(=C\c1ccc(CSC(F)F)o1)C(=O)[O-]. The Balaban J connectivity index is 2.75. The molecule has 0 aliphatic carbocycles. The summed E-state index contributed by atoms with van der Waals surface area (Å²) in [6.07, 6.45) is 0.978. The highest BCUT2D eigenvalue weighted by atomic mass is 32.2. The van der Waals surface area contributed by atoms with Crippen LogP contribution in [-0.2, 0) is 10.5 Å². The summed E-state index contributed by atoms with van der Waals surface area (Å²) in [5, 5.41) is 18.9. The van der Waals surface area contributed by atoms with E-state index in [1.807, 2.05) is 0 Å². The highest BCUT2D eigenvalue weighted by Crippen LogP contribution is 2.21. The van der Waals surface area contributed by atoms with E-state index in [1.165, 1.54) is 18.2 Å². The van der Waals surface area contributed by atoms with Crippen LogP contribution in [-0.4, -0.2) is 11.7 Å². The molecule has 0 saturated carbocycles. The van der Waals surface area contributed by atoms with Crippen LogP contribution >= 0.6 is 11.8 Å². The molecule has 0 fully saturated rings. The molecule has 90 valence electrons. The topological polar surface area (TPSA) is 77.1 Å². The summed E-state index contributed by atoms with van der Waals surface area (Å²) in [6, 6.07) is 4.25. The average Bonchev–Trinajstić information content (AvgIpc) is 2.70. The highest BCUT2D eigenvalue weighted by molar-refractivity contribution is 7.98. The maximum atomic E-state index is 11.9. The summed E-state index contributed by atoms with van der Waals surface area (Å²) >= 11 is 0.387. The predicted molar refractivity (Wildman–Crippen MR) is 54.6 cm³/mol. The standard InChI is InChI=1S/C10H7F2NO3S/c11-10(12)17-5-8-2-1-7(16-8)3-6(4-13)9(14)15/h1-3,10H,5H2,(H,14,15)/p-1/b6-3+. The number of carboxylic acids is 1. The van der Waals surface area contributed by atoms with Crippen molar-refractivity contribution in [2.24, 2.45) is 0 Å². The maximum absolute atomic E-state index is 11.9. The Labute approximate surface area is 99.5 Å². The lowest BCUT2D eigenvalue weighted by molar-refractivity contribution is -0.298. The first-order valence-corrected chi connectivity index (χ1v) is 5.39. The van der Waals surface area contributed by atoms with E-state index in [0.29, 0.717) is 11.8 Å². The number of nitrogens with zero attached hydrogens (tertiary/aromatic N) is 1. The van der Waals surface area contributed by atoms with Gasteiger partial charge in [0.25, 0.3) is 5.76 Å². The number of alkyl halides is 2. The van der Waals surface area contributed by atoms with Crippen LogP contribution in [0.2, 0.25) is 0 Å². The minimum atomic E-state index is -2.50. The van der Waals surface area contributed by atoms with Gasteiger partial charge in [-0.25, -0.2) is 0 Å². The second-order valence-electron chi connectivity index (χ2n) is 2.83. The van der Waals surface area contributed by atoms with Crippen LogP contribution in [0.1, 0.15) is 11.5 Å². The zero-order valence-electron chi connectivity index (χ0n) is 8.35. The van der Waals surface area contributed by atoms with E-state index in [1.54, 1.807) is 0 Å². The highest BCUT2D eigenvalue weighted by Gasteiger charge is 2.07. The predicted octanol–water partition coefficient (Wildman–Crippen LogP) is 1.39. The van der Waals surface area contributed by atoms with Gasteiger partial charge in [0.05, 0.1) is 17.3 Å². The molecule has 7 heteroatoms. The van der Waals surface area contributed by atoms with Crippen LogP contribution < -0.4 is 5.11 Å². The van der Waals surface area contributed by atoms with Gasteiger partial charge in [-0.15, -0.1) is 0 Å². The van der Waals surface area contributed by atoms with Gasteiger partial charge < -0.3 is 14.3 Å². The second kappa shape index (κ2) is 6.06. The lowest BCUT2D eigenvalue weighted by Crippen LogP contribution is -2.23. The van der Waals surface area contributed by atoms with Crippen molar-refractivity contribution in [3.63, 3.8) is 0 Å². The molecule has 0 radical (unpaired) electrons. The number of rotatable bonds is 5. The monoisotopic (exact) mass is 258 g/mol. The van der Waals surface area contributed by atoms with Crippen molar-refractivity contribution in [2.75, 3.05) is 0 Å². The maximum Gasteiger partial charge on any atom is 0.284 e. The van der Waals surface area contributed by atoms with Crippen LogP contribution in [0.3, 0.4) is 0 Å². The molecule has 0 spiro atoms. The minimum Gasteiger partial charge on any atom is -0.544 e. The van der Waals surface area contributed by atoms with E-state index in [-0.39, 0.29) is 17.3 Å². The van der Waals surface area contributed by atoms with Gasteiger partial charge in [0.1, 0.15) is 17.6 Å². The summed E-state index contributed by atoms with van der Waals surface area (Å²) in [5.41, 5.74) is -0.590. The number of aliphatic carboxylic acids is 1. The molecule has 1 aromatic rings. The summed E-state index contributed by atoms with van der Waals surface area (Å²) in [5.74, 6) is -3.77. The largest absolute Gasteiger partial charge is 0.544 e. The third kappa shape index (κ3) is 4.28. The Bertz CT molecular complexity index is 476. The average molecular weight is 258 g/mol. The molecule has 0 saturated heterocycles. The van der Waals surface area contributed by atoms with E-state index >= 15 is 0 Å². The first-order chi connectivity index (χ1) is 8.02. The minimum absolute atomic E-state index is 0.0291. The van der Waals surface area contributed by atoms with Crippen molar-refractivity contribution in [1.82, 2.24) is 0 Å². The van der Waals surface area contributed by atoms with Gasteiger partial charge in [-0.2, -0.15) is 14.0 Å². The molecule has 4 nitrogen and oxygen atoms in total. The smallest absolute Gasteiger partial charge is 0.284 e. The third-order valence-corrected chi connectivity index (χ3v) is 2.36. The van der Waals surface area contributed by atoms with Crippen molar-refractivity contribution in [3.8, 4) is 6.07 Å². The summed E-state index contributed by atoms with van der Waals surface area (Å²) in [6.45, 7) is 0. The molecule has 1 aromatic heterocycles. The number of thioether (sulfide) groups is 1. The number of hydrogen-bond acceptors (Lipinski definition) is 5. The van der Waals surface area contributed by atoms with Crippen molar-refractivity contribution >= 4 is 23.8 Å². The molecular weight excluding hydrogens is 252 g/mol. The number of hydrogen-bond donors (Lipinski definition) is 0. The van der Waals surface area contributed by atoms with Crippen LogP contribution in [0.4, 0.5) is 8.78 Å². The van der Waals surface area contributed by atoms with Crippen LogP contribution in [0, 0.1) is 11.3 Å². The molecule has 0 atom stereocenters. The Morgan fingerprint density at radius 1 is 1.65 bits per heavy atom. The number of halogens is 2. The van der Waals surface area contributed by atoms with Crippen molar-refractivity contribution < 1.29 is 23.1 Å². The quantitative estimate of drug-likeness (QED) is 0.589. The summed E-state index contributed by atoms with van der Waals surface area (Å²) in [4.78, 5) is 10.4. The first kappa shape index (κ1) is 13.3. The summed E-state index contributed by atoms with van der Waals surface area (Å²) < 4.78 is 28.8. The van der Waals surface area contributed by atoms with Crippen molar-refractivity contribution in [3.05, 3.63) is 29.2 Å². The molecule has 0 aliphatic rings. The first-order valence-electron chi connectivity index (χ1n) is 4.34. The van der Waals surface area contributed by atoms with Crippen molar-refractivity contribution in [2.45, 2.75) is 11.5 Å². The molecule has 17 heavy (non-hydrogen) atoms. The molecule has 0 bridgehead atoms. The van der Waals surface area contributed by atoms with Gasteiger partial charge in [0, 0.05) is 6.08 Å². The molecule has 0 N–H and O–H groups in total. The normalized spacial score (nSPS) is 11.5. The molecule has 0 amide bonds. The number of carbonyl (C=O) groups is 1. The lowest BCUT2D eigenvalue weighted by atomic mass is 10.2. The fourth-order valence-corrected chi connectivity index (χ4v) is 1.42. The van der Waals surface area contributed by atoms with Crippen LogP contribution in [0.15, 0.2) is 22.1 Å². The lowest BCUT2D eigenvalue weighted by Gasteiger charge is -1.97. The molecular formula is C10H6F2NO3S-. The van der Waals surface area contributed by atoms with Gasteiger partial charge in [-0.3, -0.25) is 0 Å². The van der Waals surface area contributed by atoms with Crippen molar-refractivity contribution in [1.29, 1.82) is 5.26 Å². The van der Waals surface area contributed by atoms with E-state index < -0.39 is 17.3 Å². The molecule has 0 unspecified atom stereocenters. The Kier molecular flexibility index (Phi) is 4.72. The summed E-state index contributed by atoms with van der Waals surface area (Å²) in [7, 11) is 0. The van der Waals surface area contributed by atoms with Gasteiger partial charge in [-0.05, 0) is 12.1 Å². The van der Waals surface area contributed by atoms with Crippen LogP contribution in [0.5, 0.6) is 0 Å². The molecule has 0 aliphatic heterocycles. The number of furan rings is 1.